The van der Waals surface area contributed by atoms with Gasteiger partial charge < -0.3 is 0 Å². The molecule has 0 saturated heterocycles. The van der Waals surface area contributed by atoms with Crippen molar-refractivity contribution in [2.45, 2.75) is 20.3 Å². The molecule has 1 nitrogen and oxygen atoms in total. The summed E-state index contributed by atoms with van der Waals surface area (Å²) < 4.78 is 13.7. The Hall–Kier alpha value is -1.96. The van der Waals surface area contributed by atoms with Gasteiger partial charge in [0.25, 0.3) is 0 Å². The molecule has 0 aliphatic heterocycles. The molecule has 2 heteroatoms. The molecule has 0 radical (unpaired) electrons. The van der Waals surface area contributed by atoms with Gasteiger partial charge in [0.05, 0.1) is 5.56 Å². The minimum atomic E-state index is -0.459. The van der Waals surface area contributed by atoms with Gasteiger partial charge >= 0.3 is 0 Å². The topological polar surface area (TPSA) is 17.1 Å². The quantitative estimate of drug-likeness (QED) is 0.745. The average Bonchev–Trinajstić information content (AvgIpc) is 2.38. The molecule has 0 spiro atoms. The van der Waals surface area contributed by atoms with Crippen molar-refractivity contribution in [1.82, 2.24) is 0 Å². The smallest absolute Gasteiger partial charge is 0.195 e. The molecule has 2 aromatic carbocycles. The molecule has 2 aromatic rings. The summed E-state index contributed by atoms with van der Waals surface area (Å²) in [6, 6.07) is 12.0. The first kappa shape index (κ1) is 12.5. The first-order valence-electron chi connectivity index (χ1n) is 6.01. The summed E-state index contributed by atoms with van der Waals surface area (Å²) in [6.45, 7) is 3.85. The lowest BCUT2D eigenvalue weighted by molar-refractivity contribution is 0.103. The Morgan fingerprint density at radius 1 is 1.11 bits per heavy atom. The van der Waals surface area contributed by atoms with Gasteiger partial charge in [-0.05, 0) is 36.6 Å². The van der Waals surface area contributed by atoms with E-state index < -0.39 is 5.82 Å². The fourth-order valence-electron chi connectivity index (χ4n) is 1.85. The van der Waals surface area contributed by atoms with Crippen LogP contribution in [0.25, 0.3) is 0 Å². The minimum absolute atomic E-state index is 0.129. The van der Waals surface area contributed by atoms with Crippen LogP contribution in [0.4, 0.5) is 4.39 Å². The molecular formula is C16H15FO. The lowest BCUT2D eigenvalue weighted by atomic mass is 10.00. The van der Waals surface area contributed by atoms with Gasteiger partial charge in [0.15, 0.2) is 5.78 Å². The normalized spacial score (nSPS) is 10.4. The number of hydrogen-bond donors (Lipinski definition) is 0. The Balaban J connectivity index is 2.35. The maximum Gasteiger partial charge on any atom is 0.195 e. The number of halogens is 1. The minimum Gasteiger partial charge on any atom is -0.288 e. The second kappa shape index (κ2) is 5.13. The van der Waals surface area contributed by atoms with Gasteiger partial charge in [-0.25, -0.2) is 4.39 Å². The van der Waals surface area contributed by atoms with Crippen LogP contribution in [0.3, 0.4) is 0 Å². The predicted octanol–water partition coefficient (Wildman–Crippen LogP) is 3.93. The van der Waals surface area contributed by atoms with Crippen LogP contribution in [0.15, 0.2) is 42.5 Å². The molecule has 0 heterocycles. The fourth-order valence-corrected chi connectivity index (χ4v) is 1.85. The van der Waals surface area contributed by atoms with Crippen molar-refractivity contribution in [1.29, 1.82) is 0 Å². The molecule has 0 N–H and O–H groups in total. The van der Waals surface area contributed by atoms with Crippen molar-refractivity contribution >= 4 is 5.78 Å². The lowest BCUT2D eigenvalue weighted by Crippen LogP contribution is -2.04. The van der Waals surface area contributed by atoms with E-state index in [1.807, 2.05) is 12.1 Å². The third-order valence-electron chi connectivity index (χ3n) is 2.99. The lowest BCUT2D eigenvalue weighted by Gasteiger charge is -2.04. The number of carbonyl (C=O) groups excluding carboxylic acids is 1. The molecule has 0 bridgehead atoms. The number of carbonyl (C=O) groups is 1. The first-order valence-corrected chi connectivity index (χ1v) is 6.01. The van der Waals surface area contributed by atoms with Crippen LogP contribution in [0, 0.1) is 12.7 Å². The van der Waals surface area contributed by atoms with Gasteiger partial charge in [-0.3, -0.25) is 4.79 Å². The van der Waals surface area contributed by atoms with E-state index in [0.29, 0.717) is 5.56 Å². The van der Waals surface area contributed by atoms with E-state index in [4.69, 9.17) is 0 Å². The van der Waals surface area contributed by atoms with E-state index in [0.717, 1.165) is 17.5 Å². The number of ketones is 1. The second-order valence-corrected chi connectivity index (χ2v) is 4.36. The second-order valence-electron chi connectivity index (χ2n) is 4.36. The SMILES string of the molecule is CCc1ccc(C(=O)c2ccc(C)cc2F)cc1. The Kier molecular flexibility index (Phi) is 3.56. The van der Waals surface area contributed by atoms with Crippen molar-refractivity contribution in [2.75, 3.05) is 0 Å². The number of aryl methyl sites for hydroxylation is 2. The molecule has 0 unspecified atom stereocenters. The van der Waals surface area contributed by atoms with Crippen LogP contribution >= 0.6 is 0 Å². The van der Waals surface area contributed by atoms with E-state index in [1.165, 1.54) is 6.07 Å². The third kappa shape index (κ3) is 2.48. The molecule has 0 aromatic heterocycles. The summed E-state index contributed by atoms with van der Waals surface area (Å²) in [6.07, 6.45) is 0.924. The van der Waals surface area contributed by atoms with Crippen molar-refractivity contribution < 1.29 is 9.18 Å². The summed E-state index contributed by atoms with van der Waals surface area (Å²) in [5.74, 6) is -0.727. The number of hydrogen-bond acceptors (Lipinski definition) is 1. The highest BCUT2D eigenvalue weighted by atomic mass is 19.1. The Bertz CT molecular complexity index is 570. The Morgan fingerprint density at radius 2 is 1.78 bits per heavy atom. The van der Waals surface area contributed by atoms with Crippen LogP contribution < -0.4 is 0 Å². The maximum absolute atomic E-state index is 13.7. The van der Waals surface area contributed by atoms with E-state index in [2.05, 4.69) is 6.92 Å². The first-order chi connectivity index (χ1) is 8.61. The van der Waals surface area contributed by atoms with Gasteiger partial charge in [0, 0.05) is 5.56 Å². The van der Waals surface area contributed by atoms with Gasteiger partial charge in [-0.2, -0.15) is 0 Å². The van der Waals surface area contributed by atoms with E-state index in [1.54, 1.807) is 31.2 Å². The van der Waals surface area contributed by atoms with Gasteiger partial charge in [0.1, 0.15) is 5.82 Å². The maximum atomic E-state index is 13.7. The molecule has 0 fully saturated rings. The van der Waals surface area contributed by atoms with Crippen LogP contribution in [0.1, 0.15) is 34.0 Å². The summed E-state index contributed by atoms with van der Waals surface area (Å²) in [5, 5.41) is 0. The van der Waals surface area contributed by atoms with Crippen LogP contribution in [0.2, 0.25) is 0 Å². The molecule has 0 amide bonds. The van der Waals surface area contributed by atoms with Crippen molar-refractivity contribution in [3.05, 3.63) is 70.5 Å². The van der Waals surface area contributed by atoms with Crippen molar-refractivity contribution in [3.63, 3.8) is 0 Å². The van der Waals surface area contributed by atoms with E-state index in [-0.39, 0.29) is 11.3 Å². The summed E-state index contributed by atoms with van der Waals surface area (Å²) in [7, 11) is 0. The molecule has 0 aliphatic carbocycles. The van der Waals surface area contributed by atoms with E-state index in [9.17, 15) is 9.18 Å². The van der Waals surface area contributed by atoms with Crippen LogP contribution in [-0.4, -0.2) is 5.78 Å². The summed E-state index contributed by atoms with van der Waals surface area (Å²) >= 11 is 0. The molecular weight excluding hydrogens is 227 g/mol. The van der Waals surface area contributed by atoms with Crippen molar-refractivity contribution in [2.24, 2.45) is 0 Å². The van der Waals surface area contributed by atoms with Crippen LogP contribution in [0.5, 0.6) is 0 Å². The van der Waals surface area contributed by atoms with E-state index >= 15 is 0 Å². The zero-order valence-corrected chi connectivity index (χ0v) is 10.5. The third-order valence-corrected chi connectivity index (χ3v) is 2.99. The Labute approximate surface area is 106 Å². The Morgan fingerprint density at radius 3 is 2.33 bits per heavy atom. The molecule has 92 valence electrons. The summed E-state index contributed by atoms with van der Waals surface area (Å²) in [5.41, 5.74) is 2.63. The fraction of sp³-hybridized carbons (Fsp3) is 0.188. The number of rotatable bonds is 3. The highest BCUT2D eigenvalue weighted by molar-refractivity contribution is 6.09. The molecule has 0 aliphatic rings. The average molecular weight is 242 g/mol. The largest absolute Gasteiger partial charge is 0.288 e. The monoisotopic (exact) mass is 242 g/mol. The molecule has 2 rings (SSSR count). The van der Waals surface area contributed by atoms with Crippen LogP contribution in [-0.2, 0) is 6.42 Å². The van der Waals surface area contributed by atoms with Gasteiger partial charge in [-0.15, -0.1) is 0 Å². The highest BCUT2D eigenvalue weighted by Gasteiger charge is 2.13. The van der Waals surface area contributed by atoms with Gasteiger partial charge in [-0.1, -0.05) is 37.3 Å². The molecule has 0 atom stereocenters. The highest BCUT2D eigenvalue weighted by Crippen LogP contribution is 2.16. The standard InChI is InChI=1S/C16H15FO/c1-3-12-5-7-13(8-6-12)16(18)14-9-4-11(2)10-15(14)17/h4-10H,3H2,1-2H3. The zero-order chi connectivity index (χ0) is 13.1. The zero-order valence-electron chi connectivity index (χ0n) is 10.5. The molecule has 18 heavy (non-hydrogen) atoms. The van der Waals surface area contributed by atoms with Crippen molar-refractivity contribution in [3.8, 4) is 0 Å². The summed E-state index contributed by atoms with van der Waals surface area (Å²) in [4.78, 5) is 12.1. The van der Waals surface area contributed by atoms with Gasteiger partial charge in [0.2, 0.25) is 0 Å². The molecule has 0 saturated carbocycles. The number of benzene rings is 2. The predicted molar refractivity (Wildman–Crippen MR) is 70.4 cm³/mol.